The van der Waals surface area contributed by atoms with Crippen LogP contribution in [0.5, 0.6) is 0 Å². The molecule has 130 valence electrons. The van der Waals surface area contributed by atoms with Crippen molar-refractivity contribution < 1.29 is 19.4 Å². The van der Waals surface area contributed by atoms with E-state index >= 15 is 0 Å². The Morgan fingerprint density at radius 1 is 1.52 bits per heavy atom. The number of aliphatic imine (C=N–C) groups is 1. The lowest BCUT2D eigenvalue weighted by Gasteiger charge is -2.23. The highest BCUT2D eigenvalue weighted by molar-refractivity contribution is 5.95. The molecule has 7 heteroatoms. The standard InChI is InChI=1S/C16H27N3O4/c1-3-5-6-22-12-8-15(23-13(12)10-20)19-9-11(4-2)7-14(17)18-16(19)21/h9,12-13,15,20H,3-8,10H2,1-2H3,(H2,17,18,21). The molecule has 3 unspecified atom stereocenters. The third-order valence-corrected chi connectivity index (χ3v) is 4.14. The van der Waals surface area contributed by atoms with Gasteiger partial charge in [0.15, 0.2) is 0 Å². The molecule has 2 aliphatic heterocycles. The number of nitrogens with zero attached hydrogens (tertiary/aromatic N) is 2. The third-order valence-electron chi connectivity index (χ3n) is 4.14. The van der Waals surface area contributed by atoms with E-state index in [0.717, 1.165) is 24.8 Å². The Bertz CT molecular complexity index is 478. The second-order valence-corrected chi connectivity index (χ2v) is 5.92. The zero-order valence-corrected chi connectivity index (χ0v) is 13.9. The molecule has 0 bridgehead atoms. The Balaban J connectivity index is 2.09. The molecule has 2 amide bonds. The monoisotopic (exact) mass is 325 g/mol. The molecule has 0 aromatic rings. The maximum absolute atomic E-state index is 12.3. The molecule has 0 aromatic carbocycles. The Kier molecular flexibility index (Phi) is 6.56. The van der Waals surface area contributed by atoms with Crippen LogP contribution in [0, 0.1) is 0 Å². The fourth-order valence-electron chi connectivity index (χ4n) is 2.76. The molecule has 2 heterocycles. The van der Waals surface area contributed by atoms with E-state index in [1.807, 2.05) is 6.92 Å². The van der Waals surface area contributed by atoms with E-state index in [-0.39, 0.29) is 12.7 Å². The quantitative estimate of drug-likeness (QED) is 0.695. The maximum Gasteiger partial charge on any atom is 0.351 e. The Morgan fingerprint density at radius 3 is 2.96 bits per heavy atom. The summed E-state index contributed by atoms with van der Waals surface area (Å²) in [5.74, 6) is 0.318. The number of carbonyl (C=O) groups excluding carboxylic acids is 1. The molecule has 1 fully saturated rings. The fourth-order valence-corrected chi connectivity index (χ4v) is 2.76. The van der Waals surface area contributed by atoms with Crippen molar-refractivity contribution in [3.05, 3.63) is 11.8 Å². The molecular weight excluding hydrogens is 298 g/mol. The summed E-state index contributed by atoms with van der Waals surface area (Å²) in [7, 11) is 0. The van der Waals surface area contributed by atoms with Crippen molar-refractivity contribution >= 4 is 11.9 Å². The number of urea groups is 1. The summed E-state index contributed by atoms with van der Waals surface area (Å²) in [4.78, 5) is 17.6. The predicted octanol–water partition coefficient (Wildman–Crippen LogP) is 1.76. The number of hydrogen-bond donors (Lipinski definition) is 2. The summed E-state index contributed by atoms with van der Waals surface area (Å²) in [5, 5.41) is 9.50. The van der Waals surface area contributed by atoms with Crippen molar-refractivity contribution in [1.82, 2.24) is 4.90 Å². The number of rotatable bonds is 7. The van der Waals surface area contributed by atoms with Crippen LogP contribution >= 0.6 is 0 Å². The van der Waals surface area contributed by atoms with Crippen LogP contribution in [-0.2, 0) is 9.47 Å². The number of hydrogen-bond acceptors (Lipinski definition) is 5. The first-order valence-corrected chi connectivity index (χ1v) is 8.31. The van der Waals surface area contributed by atoms with Gasteiger partial charge in [0.25, 0.3) is 0 Å². The largest absolute Gasteiger partial charge is 0.394 e. The molecule has 0 spiro atoms. The first kappa shape index (κ1) is 17.9. The van der Waals surface area contributed by atoms with E-state index in [0.29, 0.717) is 25.3 Å². The van der Waals surface area contributed by atoms with E-state index in [4.69, 9.17) is 15.2 Å². The SMILES string of the molecule is CCCCOC1CC(N2C=C(CC)CC(N)=NC2=O)OC1CO. The topological polar surface area (TPSA) is 97.4 Å². The Morgan fingerprint density at radius 2 is 2.30 bits per heavy atom. The second-order valence-electron chi connectivity index (χ2n) is 5.92. The summed E-state index contributed by atoms with van der Waals surface area (Å²) in [6.45, 7) is 4.60. The zero-order chi connectivity index (χ0) is 16.8. The number of amides is 2. The second kappa shape index (κ2) is 8.42. The van der Waals surface area contributed by atoms with Crippen LogP contribution < -0.4 is 5.73 Å². The highest BCUT2D eigenvalue weighted by Gasteiger charge is 2.40. The molecule has 0 radical (unpaired) electrons. The molecule has 0 aliphatic carbocycles. The van der Waals surface area contributed by atoms with E-state index in [2.05, 4.69) is 11.9 Å². The summed E-state index contributed by atoms with van der Waals surface area (Å²) in [5.41, 5.74) is 6.79. The Labute approximate surface area is 137 Å². The summed E-state index contributed by atoms with van der Waals surface area (Å²) < 4.78 is 11.6. The lowest BCUT2D eigenvalue weighted by molar-refractivity contribution is -0.0667. The van der Waals surface area contributed by atoms with Crippen LogP contribution in [-0.4, -0.2) is 53.5 Å². The molecule has 3 N–H and O–H groups in total. The lowest BCUT2D eigenvalue weighted by Crippen LogP contribution is -2.35. The molecule has 2 aliphatic rings. The van der Waals surface area contributed by atoms with Gasteiger partial charge in [0, 0.05) is 25.6 Å². The number of unbranched alkanes of at least 4 members (excludes halogenated alkanes) is 1. The normalized spacial score (nSPS) is 28.6. The highest BCUT2D eigenvalue weighted by atomic mass is 16.6. The average Bonchev–Trinajstić information content (AvgIpc) is 2.87. The van der Waals surface area contributed by atoms with Crippen molar-refractivity contribution in [3.8, 4) is 0 Å². The van der Waals surface area contributed by atoms with Gasteiger partial charge < -0.3 is 20.3 Å². The van der Waals surface area contributed by atoms with Gasteiger partial charge in [-0.2, -0.15) is 4.99 Å². The number of aliphatic hydroxyl groups is 1. The van der Waals surface area contributed by atoms with Crippen molar-refractivity contribution in [2.75, 3.05) is 13.2 Å². The number of aliphatic hydroxyl groups excluding tert-OH is 1. The molecule has 0 saturated carbocycles. The van der Waals surface area contributed by atoms with E-state index in [9.17, 15) is 9.90 Å². The van der Waals surface area contributed by atoms with E-state index < -0.39 is 18.4 Å². The van der Waals surface area contributed by atoms with Gasteiger partial charge in [-0.25, -0.2) is 4.79 Å². The van der Waals surface area contributed by atoms with Crippen molar-refractivity contribution in [2.45, 2.75) is 64.4 Å². The molecule has 3 atom stereocenters. The summed E-state index contributed by atoms with van der Waals surface area (Å²) >= 11 is 0. The third kappa shape index (κ3) is 4.53. The van der Waals surface area contributed by atoms with Crippen LogP contribution in [0.25, 0.3) is 0 Å². The Hall–Kier alpha value is -1.44. The van der Waals surface area contributed by atoms with Gasteiger partial charge in [-0.1, -0.05) is 20.3 Å². The van der Waals surface area contributed by atoms with Gasteiger partial charge in [0.2, 0.25) is 0 Å². The number of amidine groups is 1. The van der Waals surface area contributed by atoms with Crippen LogP contribution in [0.15, 0.2) is 16.8 Å². The molecule has 2 rings (SSSR count). The van der Waals surface area contributed by atoms with Crippen molar-refractivity contribution in [1.29, 1.82) is 0 Å². The van der Waals surface area contributed by atoms with Gasteiger partial charge in [-0.15, -0.1) is 0 Å². The number of nitrogens with two attached hydrogens (primary N) is 1. The predicted molar refractivity (Wildman–Crippen MR) is 86.9 cm³/mol. The van der Waals surface area contributed by atoms with Gasteiger partial charge in [0.05, 0.1) is 12.7 Å². The minimum atomic E-state index is -0.484. The van der Waals surface area contributed by atoms with Crippen LogP contribution in [0.4, 0.5) is 4.79 Å². The molecule has 1 saturated heterocycles. The van der Waals surface area contributed by atoms with Gasteiger partial charge in [-0.3, -0.25) is 4.90 Å². The van der Waals surface area contributed by atoms with Crippen LogP contribution in [0.3, 0.4) is 0 Å². The maximum atomic E-state index is 12.3. The minimum Gasteiger partial charge on any atom is -0.394 e. The minimum absolute atomic E-state index is 0.134. The van der Waals surface area contributed by atoms with Gasteiger partial charge >= 0.3 is 6.03 Å². The molecular formula is C16H27N3O4. The van der Waals surface area contributed by atoms with Crippen LogP contribution in [0.2, 0.25) is 0 Å². The average molecular weight is 325 g/mol. The molecule has 23 heavy (non-hydrogen) atoms. The number of ether oxygens (including phenoxy) is 2. The highest BCUT2D eigenvalue weighted by Crippen LogP contribution is 2.28. The zero-order valence-electron chi connectivity index (χ0n) is 13.9. The van der Waals surface area contributed by atoms with Crippen molar-refractivity contribution in [3.63, 3.8) is 0 Å². The first-order chi connectivity index (χ1) is 11.1. The smallest absolute Gasteiger partial charge is 0.351 e. The fraction of sp³-hybridized carbons (Fsp3) is 0.750. The van der Waals surface area contributed by atoms with Gasteiger partial charge in [0.1, 0.15) is 18.2 Å². The summed E-state index contributed by atoms with van der Waals surface area (Å²) in [6, 6.07) is -0.429. The lowest BCUT2D eigenvalue weighted by atomic mass is 10.1. The molecule has 7 nitrogen and oxygen atoms in total. The van der Waals surface area contributed by atoms with E-state index in [1.165, 1.54) is 4.90 Å². The van der Waals surface area contributed by atoms with Crippen molar-refractivity contribution in [2.24, 2.45) is 10.7 Å². The number of carbonyl (C=O) groups is 1. The van der Waals surface area contributed by atoms with E-state index in [1.54, 1.807) is 6.20 Å². The first-order valence-electron chi connectivity index (χ1n) is 8.31. The van der Waals surface area contributed by atoms with Gasteiger partial charge in [-0.05, 0) is 18.4 Å². The molecule has 0 aromatic heterocycles. The van der Waals surface area contributed by atoms with Crippen LogP contribution in [0.1, 0.15) is 46.0 Å². The summed E-state index contributed by atoms with van der Waals surface area (Å²) in [6.07, 6.45) is 4.45.